The Morgan fingerprint density at radius 2 is 1.90 bits per heavy atom. The van der Waals surface area contributed by atoms with Gasteiger partial charge in [0.1, 0.15) is 0 Å². The first kappa shape index (κ1) is 7.07. The van der Waals surface area contributed by atoms with Gasteiger partial charge < -0.3 is 0 Å². The summed E-state index contributed by atoms with van der Waals surface area (Å²) >= 11 is 0. The van der Waals surface area contributed by atoms with Crippen molar-refractivity contribution in [3.05, 3.63) is 48.6 Å². The van der Waals surface area contributed by atoms with Crippen LogP contribution in [0.2, 0.25) is 0 Å². The maximum atomic E-state index is 3.55. The minimum Gasteiger partial charge on any atom is -0.0956 e. The highest BCUT2D eigenvalue weighted by atomic mass is 13.9. The summed E-state index contributed by atoms with van der Waals surface area (Å²) in [5.74, 6) is 0. The molecule has 1 aromatic rings. The predicted molar refractivity (Wildman–Crippen MR) is 43.6 cm³/mol. The molecule has 0 nitrogen and oxygen atoms in total. The fourth-order valence-corrected chi connectivity index (χ4v) is 0.877. The molecule has 0 aromatic heterocycles. The molecule has 0 saturated heterocycles. The summed E-state index contributed by atoms with van der Waals surface area (Å²) in [5, 5.41) is 0. The van der Waals surface area contributed by atoms with Gasteiger partial charge in [0.2, 0.25) is 0 Å². The molecule has 0 aliphatic carbocycles. The van der Waals surface area contributed by atoms with Crippen molar-refractivity contribution in [2.75, 3.05) is 0 Å². The number of aryl methyl sites for hydroxylation is 1. The van der Waals surface area contributed by atoms with Gasteiger partial charge in [0.25, 0.3) is 0 Å². The van der Waals surface area contributed by atoms with Crippen molar-refractivity contribution in [3.63, 3.8) is 0 Å². The Hall–Kier alpha value is -1.04. The molecule has 0 atom stereocenters. The largest absolute Gasteiger partial charge is 0.0956 e. The molecule has 0 heteroatoms. The second-order valence-corrected chi connectivity index (χ2v) is 2.24. The molecular formula is C10H11. The fraction of sp³-hybridized carbons (Fsp3) is 0.200. The van der Waals surface area contributed by atoms with Crippen LogP contribution in [-0.2, 0) is 6.42 Å². The van der Waals surface area contributed by atoms with Crippen LogP contribution in [0.1, 0.15) is 12.0 Å². The van der Waals surface area contributed by atoms with E-state index >= 15 is 0 Å². The normalized spacial score (nSPS) is 9.20. The van der Waals surface area contributed by atoms with Gasteiger partial charge in [-0.3, -0.25) is 0 Å². The molecular weight excluding hydrogens is 120 g/mol. The molecule has 0 spiro atoms. The SMILES string of the molecule is C=[C]CCc1ccccc1. The van der Waals surface area contributed by atoms with Crippen molar-refractivity contribution in [1.82, 2.24) is 0 Å². The van der Waals surface area contributed by atoms with Crippen LogP contribution in [0.25, 0.3) is 0 Å². The van der Waals surface area contributed by atoms with Crippen LogP contribution >= 0.6 is 0 Å². The average molecular weight is 131 g/mol. The maximum absolute atomic E-state index is 3.55. The third-order valence-corrected chi connectivity index (χ3v) is 1.43. The van der Waals surface area contributed by atoms with Gasteiger partial charge in [-0.05, 0) is 18.4 Å². The molecule has 0 heterocycles. The first-order valence-corrected chi connectivity index (χ1v) is 3.47. The van der Waals surface area contributed by atoms with E-state index in [9.17, 15) is 0 Å². The average Bonchev–Trinajstić information content (AvgIpc) is 2.03. The molecule has 1 radical (unpaired) electrons. The van der Waals surface area contributed by atoms with Crippen LogP contribution in [0, 0.1) is 6.08 Å². The molecule has 0 N–H and O–H groups in total. The molecule has 0 unspecified atom stereocenters. The molecule has 0 amide bonds. The lowest BCUT2D eigenvalue weighted by Crippen LogP contribution is -1.80. The second kappa shape index (κ2) is 3.89. The van der Waals surface area contributed by atoms with Crippen molar-refractivity contribution in [3.8, 4) is 0 Å². The second-order valence-electron chi connectivity index (χ2n) is 2.24. The molecule has 1 rings (SSSR count). The Balaban J connectivity index is 2.50. The summed E-state index contributed by atoms with van der Waals surface area (Å²) in [6.45, 7) is 3.55. The van der Waals surface area contributed by atoms with Crippen molar-refractivity contribution in [2.45, 2.75) is 12.8 Å². The van der Waals surface area contributed by atoms with E-state index in [0.29, 0.717) is 0 Å². The number of benzene rings is 1. The van der Waals surface area contributed by atoms with Crippen molar-refractivity contribution in [2.24, 2.45) is 0 Å². The number of rotatable bonds is 3. The molecule has 0 saturated carbocycles. The van der Waals surface area contributed by atoms with Gasteiger partial charge in [-0.2, -0.15) is 0 Å². The van der Waals surface area contributed by atoms with E-state index < -0.39 is 0 Å². The zero-order chi connectivity index (χ0) is 7.23. The molecule has 0 bridgehead atoms. The van der Waals surface area contributed by atoms with E-state index in [1.807, 2.05) is 6.07 Å². The van der Waals surface area contributed by atoms with Crippen LogP contribution < -0.4 is 0 Å². The topological polar surface area (TPSA) is 0 Å². The van der Waals surface area contributed by atoms with Crippen LogP contribution in [0.5, 0.6) is 0 Å². The highest BCUT2D eigenvalue weighted by Crippen LogP contribution is 2.01. The van der Waals surface area contributed by atoms with E-state index in [1.54, 1.807) is 0 Å². The van der Waals surface area contributed by atoms with Crippen LogP contribution in [-0.4, -0.2) is 0 Å². The van der Waals surface area contributed by atoms with Gasteiger partial charge in [0.05, 0.1) is 0 Å². The van der Waals surface area contributed by atoms with Crippen LogP contribution in [0.3, 0.4) is 0 Å². The zero-order valence-corrected chi connectivity index (χ0v) is 6.01. The quantitative estimate of drug-likeness (QED) is 0.591. The van der Waals surface area contributed by atoms with Crippen molar-refractivity contribution < 1.29 is 0 Å². The third-order valence-electron chi connectivity index (χ3n) is 1.43. The molecule has 0 aliphatic heterocycles. The summed E-state index contributed by atoms with van der Waals surface area (Å²) in [6.07, 6.45) is 4.87. The van der Waals surface area contributed by atoms with Crippen molar-refractivity contribution in [1.29, 1.82) is 0 Å². The molecule has 0 fully saturated rings. The monoisotopic (exact) mass is 131 g/mol. The highest BCUT2D eigenvalue weighted by Gasteiger charge is 1.86. The number of hydrogen-bond acceptors (Lipinski definition) is 0. The van der Waals surface area contributed by atoms with E-state index in [1.165, 1.54) is 5.56 Å². The third kappa shape index (κ3) is 2.06. The minimum absolute atomic E-state index is 0.948. The smallest absolute Gasteiger partial charge is 0.0238 e. The lowest BCUT2D eigenvalue weighted by Gasteiger charge is -1.94. The molecule has 1 aromatic carbocycles. The van der Waals surface area contributed by atoms with Gasteiger partial charge in [0, 0.05) is 0 Å². The Bertz CT molecular complexity index is 186. The van der Waals surface area contributed by atoms with Gasteiger partial charge in [-0.25, -0.2) is 0 Å². The molecule has 10 heavy (non-hydrogen) atoms. The lowest BCUT2D eigenvalue weighted by molar-refractivity contribution is 0.984. The predicted octanol–water partition coefficient (Wildman–Crippen LogP) is 2.61. The summed E-state index contributed by atoms with van der Waals surface area (Å²) in [6, 6.07) is 10.4. The number of allylic oxidation sites excluding steroid dienone is 1. The Morgan fingerprint density at radius 3 is 2.50 bits per heavy atom. The first-order valence-electron chi connectivity index (χ1n) is 3.47. The highest BCUT2D eigenvalue weighted by molar-refractivity contribution is 5.14. The van der Waals surface area contributed by atoms with Gasteiger partial charge >= 0.3 is 0 Å². The Kier molecular flexibility index (Phi) is 2.75. The number of hydrogen-bond donors (Lipinski definition) is 0. The Labute approximate surface area is 62.2 Å². The van der Waals surface area contributed by atoms with E-state index in [0.717, 1.165) is 12.8 Å². The first-order chi connectivity index (χ1) is 4.93. The van der Waals surface area contributed by atoms with Crippen LogP contribution in [0.15, 0.2) is 36.9 Å². The van der Waals surface area contributed by atoms with Gasteiger partial charge in [-0.15, -0.1) is 0 Å². The summed E-state index contributed by atoms with van der Waals surface area (Å²) in [7, 11) is 0. The fourth-order valence-electron chi connectivity index (χ4n) is 0.877. The van der Waals surface area contributed by atoms with E-state index in [2.05, 4.69) is 36.9 Å². The molecule has 0 aliphatic rings. The Morgan fingerprint density at radius 1 is 1.20 bits per heavy atom. The molecule has 51 valence electrons. The summed E-state index contributed by atoms with van der Waals surface area (Å²) in [5.41, 5.74) is 1.36. The zero-order valence-electron chi connectivity index (χ0n) is 6.01. The van der Waals surface area contributed by atoms with Crippen LogP contribution in [0.4, 0.5) is 0 Å². The van der Waals surface area contributed by atoms with Gasteiger partial charge in [0.15, 0.2) is 0 Å². The standard InChI is InChI=1S/C10H11/c1-2-3-7-10-8-5-4-6-9-10/h4-6,8-9H,1,3,7H2. The van der Waals surface area contributed by atoms with Gasteiger partial charge in [-0.1, -0.05) is 43.0 Å². The summed E-state index contributed by atoms with van der Waals surface area (Å²) in [4.78, 5) is 0. The van der Waals surface area contributed by atoms with E-state index in [4.69, 9.17) is 0 Å². The van der Waals surface area contributed by atoms with E-state index in [-0.39, 0.29) is 0 Å². The summed E-state index contributed by atoms with van der Waals surface area (Å²) < 4.78 is 0. The minimum atomic E-state index is 0.948. The lowest BCUT2D eigenvalue weighted by atomic mass is 10.1. The van der Waals surface area contributed by atoms with Crippen molar-refractivity contribution >= 4 is 0 Å². The maximum Gasteiger partial charge on any atom is -0.0238 e.